The fourth-order valence-electron chi connectivity index (χ4n) is 1.99. The normalized spacial score (nSPS) is 14.7. The number of nitrogens with zero attached hydrogens (tertiary/aromatic N) is 1. The van der Waals surface area contributed by atoms with Gasteiger partial charge in [0.25, 0.3) is 0 Å². The molecule has 0 heterocycles. The summed E-state index contributed by atoms with van der Waals surface area (Å²) in [7, 11) is 1.99. The Bertz CT molecular complexity index is 480. The van der Waals surface area contributed by atoms with E-state index in [1.54, 1.807) is 6.08 Å². The molecule has 0 radical (unpaired) electrons. The van der Waals surface area contributed by atoms with E-state index in [0.717, 1.165) is 36.4 Å². The maximum Gasteiger partial charge on any atom is 0.328 e. The molecule has 1 aliphatic carbocycles. The van der Waals surface area contributed by atoms with Crippen molar-refractivity contribution >= 4 is 17.7 Å². The van der Waals surface area contributed by atoms with E-state index in [1.165, 1.54) is 12.8 Å². The smallest absolute Gasteiger partial charge is 0.328 e. The van der Waals surface area contributed by atoms with E-state index in [9.17, 15) is 4.79 Å². The van der Waals surface area contributed by atoms with Crippen molar-refractivity contribution in [1.29, 1.82) is 0 Å². The van der Waals surface area contributed by atoms with Crippen molar-refractivity contribution < 1.29 is 14.6 Å². The van der Waals surface area contributed by atoms with Crippen LogP contribution in [-0.2, 0) is 9.53 Å². The Hall–Kier alpha value is -1.81. The monoisotopic (exact) mass is 275 g/mol. The summed E-state index contributed by atoms with van der Waals surface area (Å²) in [6.07, 6.45) is 5.40. The lowest BCUT2D eigenvalue weighted by molar-refractivity contribution is -0.131. The third kappa shape index (κ3) is 4.70. The minimum absolute atomic E-state index is 0.698. The van der Waals surface area contributed by atoms with E-state index in [4.69, 9.17) is 9.84 Å². The highest BCUT2D eigenvalue weighted by Crippen LogP contribution is 2.28. The largest absolute Gasteiger partial charge is 0.478 e. The van der Waals surface area contributed by atoms with E-state index in [2.05, 4.69) is 4.90 Å². The zero-order valence-electron chi connectivity index (χ0n) is 11.8. The van der Waals surface area contributed by atoms with Crippen LogP contribution in [0.1, 0.15) is 18.4 Å². The maximum atomic E-state index is 10.6. The van der Waals surface area contributed by atoms with E-state index in [0.29, 0.717) is 6.61 Å². The van der Waals surface area contributed by atoms with Crippen LogP contribution in [0.4, 0.5) is 5.69 Å². The summed E-state index contributed by atoms with van der Waals surface area (Å²) in [6, 6.07) is 7.76. The molecule has 0 bridgehead atoms. The minimum atomic E-state index is -0.935. The first-order valence-corrected chi connectivity index (χ1v) is 6.95. The second kappa shape index (κ2) is 7.10. The summed E-state index contributed by atoms with van der Waals surface area (Å²) < 4.78 is 5.63. The van der Waals surface area contributed by atoms with Gasteiger partial charge >= 0.3 is 5.97 Å². The van der Waals surface area contributed by atoms with Crippen molar-refractivity contribution in [3.05, 3.63) is 35.9 Å². The molecular weight excluding hydrogens is 254 g/mol. The van der Waals surface area contributed by atoms with Crippen LogP contribution in [0.15, 0.2) is 30.3 Å². The summed E-state index contributed by atoms with van der Waals surface area (Å²) in [5.74, 6) is -0.152. The number of hydrogen-bond acceptors (Lipinski definition) is 3. The zero-order chi connectivity index (χ0) is 14.4. The van der Waals surface area contributed by atoms with E-state index >= 15 is 0 Å². The summed E-state index contributed by atoms with van der Waals surface area (Å²) >= 11 is 0. The molecule has 0 aliphatic heterocycles. The molecule has 0 amide bonds. The summed E-state index contributed by atoms with van der Waals surface area (Å²) in [5.41, 5.74) is 1.92. The zero-order valence-corrected chi connectivity index (χ0v) is 11.8. The first kappa shape index (κ1) is 14.6. The predicted molar refractivity (Wildman–Crippen MR) is 79.9 cm³/mol. The molecule has 1 aromatic carbocycles. The number of para-hydroxylation sites is 1. The van der Waals surface area contributed by atoms with Crippen molar-refractivity contribution in [2.24, 2.45) is 5.92 Å². The topological polar surface area (TPSA) is 49.8 Å². The number of aliphatic carboxylic acids is 1. The molecule has 0 atom stereocenters. The average molecular weight is 275 g/mol. The molecule has 0 spiro atoms. The van der Waals surface area contributed by atoms with E-state index < -0.39 is 5.97 Å². The summed E-state index contributed by atoms with van der Waals surface area (Å²) in [6.45, 7) is 2.36. The minimum Gasteiger partial charge on any atom is -0.478 e. The Morgan fingerprint density at radius 3 is 2.90 bits per heavy atom. The van der Waals surface area contributed by atoms with Crippen LogP contribution < -0.4 is 4.90 Å². The van der Waals surface area contributed by atoms with E-state index in [-0.39, 0.29) is 0 Å². The Kier molecular flexibility index (Phi) is 5.18. The van der Waals surface area contributed by atoms with Gasteiger partial charge in [0, 0.05) is 32.0 Å². The molecule has 20 heavy (non-hydrogen) atoms. The lowest BCUT2D eigenvalue weighted by atomic mass is 10.1. The van der Waals surface area contributed by atoms with Crippen LogP contribution in [0.2, 0.25) is 0 Å². The Labute approximate surface area is 119 Å². The number of anilines is 1. The average Bonchev–Trinajstić information content (AvgIpc) is 3.25. The number of benzene rings is 1. The molecule has 1 N–H and O–H groups in total. The van der Waals surface area contributed by atoms with Gasteiger partial charge in [0.2, 0.25) is 0 Å². The molecule has 108 valence electrons. The fraction of sp³-hybridized carbons (Fsp3) is 0.438. The molecule has 0 saturated heterocycles. The van der Waals surface area contributed by atoms with Gasteiger partial charge in [-0.3, -0.25) is 0 Å². The highest BCUT2D eigenvalue weighted by atomic mass is 16.5. The van der Waals surface area contributed by atoms with Crippen molar-refractivity contribution in [2.75, 3.05) is 31.7 Å². The number of ether oxygens (including phenoxy) is 1. The van der Waals surface area contributed by atoms with Crippen LogP contribution in [0.25, 0.3) is 6.08 Å². The molecule has 1 aliphatic rings. The highest BCUT2D eigenvalue weighted by Gasteiger charge is 2.21. The SMILES string of the molecule is CN(CCOCC1CC1)c1ccccc1/C=C/C(=O)O. The summed E-state index contributed by atoms with van der Waals surface area (Å²) in [4.78, 5) is 12.7. The van der Waals surface area contributed by atoms with Crippen LogP contribution >= 0.6 is 0 Å². The third-order valence-electron chi connectivity index (χ3n) is 3.37. The van der Waals surface area contributed by atoms with Gasteiger partial charge in [-0.1, -0.05) is 18.2 Å². The summed E-state index contributed by atoms with van der Waals surface area (Å²) in [5, 5.41) is 8.72. The van der Waals surface area contributed by atoms with Crippen LogP contribution in [0, 0.1) is 5.92 Å². The van der Waals surface area contributed by atoms with Crippen molar-refractivity contribution in [1.82, 2.24) is 0 Å². The van der Waals surface area contributed by atoms with Gasteiger partial charge in [-0.15, -0.1) is 0 Å². The Morgan fingerprint density at radius 1 is 1.45 bits per heavy atom. The Morgan fingerprint density at radius 2 is 2.20 bits per heavy atom. The number of hydrogen-bond donors (Lipinski definition) is 1. The van der Waals surface area contributed by atoms with E-state index in [1.807, 2.05) is 31.3 Å². The van der Waals surface area contributed by atoms with Crippen molar-refractivity contribution in [3.8, 4) is 0 Å². The van der Waals surface area contributed by atoms with Gasteiger partial charge in [-0.25, -0.2) is 4.79 Å². The molecule has 1 saturated carbocycles. The molecule has 4 nitrogen and oxygen atoms in total. The quantitative estimate of drug-likeness (QED) is 0.585. The predicted octanol–water partition coefficient (Wildman–Crippen LogP) is 2.65. The van der Waals surface area contributed by atoms with Gasteiger partial charge in [0.1, 0.15) is 0 Å². The Balaban J connectivity index is 1.89. The van der Waals surface area contributed by atoms with Crippen molar-refractivity contribution in [2.45, 2.75) is 12.8 Å². The molecule has 2 rings (SSSR count). The highest BCUT2D eigenvalue weighted by molar-refractivity contribution is 5.86. The van der Waals surface area contributed by atoms with Crippen LogP contribution in [0.3, 0.4) is 0 Å². The third-order valence-corrected chi connectivity index (χ3v) is 3.37. The van der Waals surface area contributed by atoms with Gasteiger partial charge in [0.05, 0.1) is 6.61 Å². The molecule has 0 aromatic heterocycles. The van der Waals surface area contributed by atoms with Crippen molar-refractivity contribution in [3.63, 3.8) is 0 Å². The maximum absolute atomic E-state index is 10.6. The van der Waals surface area contributed by atoms with Crippen LogP contribution in [-0.4, -0.2) is 37.9 Å². The number of rotatable bonds is 8. The molecule has 0 unspecified atom stereocenters. The standard InChI is InChI=1S/C16H21NO3/c1-17(10-11-20-12-13-6-7-13)15-5-3-2-4-14(15)8-9-16(18)19/h2-5,8-9,13H,6-7,10-12H2,1H3,(H,18,19)/b9-8+. The number of likely N-dealkylation sites (N-methyl/N-ethyl adjacent to an activating group) is 1. The lowest BCUT2D eigenvalue weighted by Crippen LogP contribution is -2.23. The first-order chi connectivity index (χ1) is 9.66. The second-order valence-electron chi connectivity index (χ2n) is 5.17. The number of carboxylic acid groups (broad SMARTS) is 1. The fourth-order valence-corrected chi connectivity index (χ4v) is 1.99. The van der Waals surface area contributed by atoms with Gasteiger partial charge in [0.15, 0.2) is 0 Å². The van der Waals surface area contributed by atoms with Gasteiger partial charge in [-0.2, -0.15) is 0 Å². The lowest BCUT2D eigenvalue weighted by Gasteiger charge is -2.21. The number of carbonyl (C=O) groups is 1. The molecule has 4 heteroatoms. The second-order valence-corrected chi connectivity index (χ2v) is 5.17. The molecular formula is C16H21NO3. The molecule has 1 aromatic rings. The van der Waals surface area contributed by atoms with Gasteiger partial charge in [-0.05, 0) is 36.5 Å². The van der Waals surface area contributed by atoms with Gasteiger partial charge < -0.3 is 14.7 Å². The first-order valence-electron chi connectivity index (χ1n) is 6.95. The molecule has 1 fully saturated rings. The number of carboxylic acids is 1. The van der Waals surface area contributed by atoms with Crippen LogP contribution in [0.5, 0.6) is 0 Å².